The van der Waals surface area contributed by atoms with Crippen LogP contribution in [0.3, 0.4) is 0 Å². The van der Waals surface area contributed by atoms with E-state index in [9.17, 15) is 8.42 Å². The highest BCUT2D eigenvalue weighted by Gasteiger charge is 2.20. The first-order valence-electron chi connectivity index (χ1n) is 5.08. The molecular weight excluding hydrogens is 256 g/mol. The summed E-state index contributed by atoms with van der Waals surface area (Å²) in [6.45, 7) is 1.68. The molecule has 0 aliphatic rings. The molecule has 2 rings (SSSR count). The summed E-state index contributed by atoms with van der Waals surface area (Å²) in [6.07, 6.45) is 5.47. The molecule has 2 aromatic heterocycles. The van der Waals surface area contributed by atoms with Gasteiger partial charge >= 0.3 is 0 Å². The largest absolute Gasteiger partial charge is 0.368 e. The number of nitrogens with one attached hydrogen (secondary N) is 2. The van der Waals surface area contributed by atoms with Crippen LogP contribution < -0.4 is 10.5 Å². The normalized spacial score (nSPS) is 13.4. The van der Waals surface area contributed by atoms with Crippen LogP contribution in [0.15, 0.2) is 29.7 Å². The molecule has 1 atom stereocenters. The molecule has 0 spiro atoms. The van der Waals surface area contributed by atoms with Crippen LogP contribution in [-0.4, -0.2) is 28.4 Å². The molecule has 2 aromatic rings. The van der Waals surface area contributed by atoms with E-state index >= 15 is 0 Å². The topological polar surface area (TPSA) is 127 Å². The highest BCUT2D eigenvalue weighted by molar-refractivity contribution is 7.89. The molecule has 18 heavy (non-hydrogen) atoms. The molecule has 9 heteroatoms. The predicted molar refractivity (Wildman–Crippen MR) is 63.8 cm³/mol. The fraction of sp³-hybridized carbons (Fsp3) is 0.222. The molecule has 1 unspecified atom stereocenters. The predicted octanol–water partition coefficient (Wildman–Crippen LogP) is -0.179. The first-order chi connectivity index (χ1) is 8.49. The van der Waals surface area contributed by atoms with Crippen LogP contribution in [0.2, 0.25) is 0 Å². The number of rotatable bonds is 4. The summed E-state index contributed by atoms with van der Waals surface area (Å²) in [5, 5.41) is 0. The van der Waals surface area contributed by atoms with E-state index in [1.54, 1.807) is 19.3 Å². The van der Waals surface area contributed by atoms with Crippen molar-refractivity contribution in [2.45, 2.75) is 17.9 Å². The highest BCUT2D eigenvalue weighted by atomic mass is 32.2. The molecule has 0 amide bonds. The van der Waals surface area contributed by atoms with E-state index in [0.717, 1.165) is 12.4 Å². The summed E-state index contributed by atoms with van der Waals surface area (Å²) >= 11 is 0. The highest BCUT2D eigenvalue weighted by Crippen LogP contribution is 2.12. The molecule has 0 aliphatic heterocycles. The molecule has 96 valence electrons. The maximum atomic E-state index is 12.0. The number of imidazole rings is 1. The second kappa shape index (κ2) is 4.70. The van der Waals surface area contributed by atoms with Crippen molar-refractivity contribution in [1.29, 1.82) is 0 Å². The Morgan fingerprint density at radius 1 is 1.33 bits per heavy atom. The van der Waals surface area contributed by atoms with Gasteiger partial charge in [-0.2, -0.15) is 0 Å². The van der Waals surface area contributed by atoms with Crippen LogP contribution in [0, 0.1) is 0 Å². The zero-order valence-corrected chi connectivity index (χ0v) is 10.3. The monoisotopic (exact) mass is 268 g/mol. The van der Waals surface area contributed by atoms with Gasteiger partial charge in [-0.1, -0.05) is 0 Å². The lowest BCUT2D eigenvalue weighted by molar-refractivity contribution is 0.560. The summed E-state index contributed by atoms with van der Waals surface area (Å²) in [4.78, 5) is 14.0. The van der Waals surface area contributed by atoms with Crippen molar-refractivity contribution in [3.63, 3.8) is 0 Å². The molecule has 0 fully saturated rings. The van der Waals surface area contributed by atoms with Crippen molar-refractivity contribution in [2.75, 3.05) is 5.73 Å². The van der Waals surface area contributed by atoms with E-state index in [0.29, 0.717) is 5.82 Å². The molecular formula is C9H12N6O2S. The molecule has 0 aromatic carbocycles. The summed E-state index contributed by atoms with van der Waals surface area (Å²) in [5.41, 5.74) is 5.30. The zero-order chi connectivity index (χ0) is 13.2. The minimum absolute atomic E-state index is 0.0213. The smallest absolute Gasteiger partial charge is 0.244 e. The maximum Gasteiger partial charge on any atom is 0.244 e. The third-order valence-corrected chi connectivity index (χ3v) is 3.72. The van der Waals surface area contributed by atoms with Gasteiger partial charge in [0, 0.05) is 12.4 Å². The van der Waals surface area contributed by atoms with Gasteiger partial charge in [0.05, 0.1) is 18.4 Å². The zero-order valence-electron chi connectivity index (χ0n) is 9.53. The van der Waals surface area contributed by atoms with Gasteiger partial charge < -0.3 is 10.7 Å². The summed E-state index contributed by atoms with van der Waals surface area (Å²) < 4.78 is 26.4. The number of hydrogen-bond acceptors (Lipinski definition) is 6. The van der Waals surface area contributed by atoms with Crippen LogP contribution in [0.5, 0.6) is 0 Å². The Morgan fingerprint density at radius 2 is 2.00 bits per heavy atom. The SMILES string of the molecule is CC(NS(=O)(=O)c1cnc(N)nc1)c1ncc[nH]1. The van der Waals surface area contributed by atoms with Crippen molar-refractivity contribution in [2.24, 2.45) is 0 Å². The van der Waals surface area contributed by atoms with Crippen molar-refractivity contribution in [3.8, 4) is 0 Å². The van der Waals surface area contributed by atoms with E-state index in [2.05, 4.69) is 24.7 Å². The van der Waals surface area contributed by atoms with Crippen molar-refractivity contribution in [1.82, 2.24) is 24.7 Å². The first-order valence-corrected chi connectivity index (χ1v) is 6.56. The summed E-state index contributed by atoms with van der Waals surface area (Å²) in [7, 11) is -3.69. The van der Waals surface area contributed by atoms with Crippen LogP contribution in [0.4, 0.5) is 5.95 Å². The Kier molecular flexibility index (Phi) is 3.26. The number of nitrogens with two attached hydrogens (primary N) is 1. The second-order valence-corrected chi connectivity index (χ2v) is 5.31. The van der Waals surface area contributed by atoms with Gasteiger partial charge in [-0.05, 0) is 6.92 Å². The molecule has 0 radical (unpaired) electrons. The van der Waals surface area contributed by atoms with Gasteiger partial charge in [-0.3, -0.25) is 0 Å². The van der Waals surface area contributed by atoms with Gasteiger partial charge in [0.1, 0.15) is 10.7 Å². The summed E-state index contributed by atoms with van der Waals surface area (Å²) in [5.74, 6) is 0.544. The molecule has 0 aliphatic carbocycles. The number of hydrogen-bond donors (Lipinski definition) is 3. The minimum Gasteiger partial charge on any atom is -0.368 e. The van der Waals surface area contributed by atoms with E-state index in [-0.39, 0.29) is 10.8 Å². The van der Waals surface area contributed by atoms with Gasteiger partial charge in [0.2, 0.25) is 16.0 Å². The number of H-pyrrole nitrogens is 1. The number of nitrogen functional groups attached to an aromatic ring is 1. The van der Waals surface area contributed by atoms with Gasteiger partial charge in [0.25, 0.3) is 0 Å². The van der Waals surface area contributed by atoms with E-state index in [4.69, 9.17) is 5.73 Å². The van der Waals surface area contributed by atoms with E-state index < -0.39 is 16.1 Å². The third kappa shape index (κ3) is 2.63. The minimum atomic E-state index is -3.69. The molecule has 8 nitrogen and oxygen atoms in total. The quantitative estimate of drug-likeness (QED) is 0.706. The van der Waals surface area contributed by atoms with Gasteiger partial charge in [-0.15, -0.1) is 0 Å². The van der Waals surface area contributed by atoms with E-state index in [1.165, 1.54) is 0 Å². The lowest BCUT2D eigenvalue weighted by atomic mass is 10.3. The molecule has 4 N–H and O–H groups in total. The second-order valence-electron chi connectivity index (χ2n) is 3.59. The van der Waals surface area contributed by atoms with E-state index in [1.807, 2.05) is 0 Å². The average Bonchev–Trinajstić information content (AvgIpc) is 2.82. The lowest BCUT2D eigenvalue weighted by Gasteiger charge is -2.11. The third-order valence-electron chi connectivity index (χ3n) is 2.22. The van der Waals surface area contributed by atoms with Crippen LogP contribution in [0.1, 0.15) is 18.8 Å². The lowest BCUT2D eigenvalue weighted by Crippen LogP contribution is -2.27. The Morgan fingerprint density at radius 3 is 2.56 bits per heavy atom. The van der Waals surface area contributed by atoms with Crippen molar-refractivity contribution >= 4 is 16.0 Å². The Labute approximate surface area is 104 Å². The molecule has 0 saturated carbocycles. The van der Waals surface area contributed by atoms with Crippen LogP contribution >= 0.6 is 0 Å². The number of nitrogens with zero attached hydrogens (tertiary/aromatic N) is 3. The van der Waals surface area contributed by atoms with Crippen molar-refractivity contribution in [3.05, 3.63) is 30.6 Å². The Bertz CT molecular complexity index is 607. The van der Waals surface area contributed by atoms with Gasteiger partial charge in [0.15, 0.2) is 0 Å². The number of aromatic nitrogens is 4. The Hall–Kier alpha value is -2.00. The van der Waals surface area contributed by atoms with Crippen LogP contribution in [0.25, 0.3) is 0 Å². The van der Waals surface area contributed by atoms with Crippen molar-refractivity contribution < 1.29 is 8.42 Å². The molecule has 0 saturated heterocycles. The fourth-order valence-electron chi connectivity index (χ4n) is 1.34. The first kappa shape index (κ1) is 12.5. The maximum absolute atomic E-state index is 12.0. The molecule has 2 heterocycles. The van der Waals surface area contributed by atoms with Gasteiger partial charge in [-0.25, -0.2) is 28.1 Å². The Balaban J connectivity index is 2.20. The number of aromatic amines is 1. The van der Waals surface area contributed by atoms with Crippen LogP contribution in [-0.2, 0) is 10.0 Å². The average molecular weight is 268 g/mol. The standard InChI is InChI=1S/C9H12N6O2S/c1-6(8-11-2-3-12-8)15-18(16,17)7-4-13-9(10)14-5-7/h2-6,15H,1H3,(H,11,12)(H2,10,13,14). The summed E-state index contributed by atoms with van der Waals surface area (Å²) in [6, 6.07) is -0.484. The fourth-order valence-corrected chi connectivity index (χ4v) is 2.43. The number of anilines is 1. The molecule has 0 bridgehead atoms. The number of sulfonamides is 1.